The summed E-state index contributed by atoms with van der Waals surface area (Å²) in [5.74, 6) is -0.334. The van der Waals surface area contributed by atoms with Crippen molar-refractivity contribution in [1.82, 2.24) is 0 Å². The van der Waals surface area contributed by atoms with Crippen molar-refractivity contribution in [3.63, 3.8) is 0 Å². The van der Waals surface area contributed by atoms with E-state index in [1.165, 1.54) is 23.1 Å². The summed E-state index contributed by atoms with van der Waals surface area (Å²) in [6.07, 6.45) is 1.89. The molecule has 5 heteroatoms. The van der Waals surface area contributed by atoms with Gasteiger partial charge in [-0.05, 0) is 57.7 Å². The normalized spacial score (nSPS) is 16.2. The predicted molar refractivity (Wildman–Crippen MR) is 77.7 cm³/mol. The van der Waals surface area contributed by atoms with Crippen LogP contribution in [0, 0.1) is 11.7 Å². The number of aldehydes is 1. The summed E-state index contributed by atoms with van der Waals surface area (Å²) in [4.78, 5) is 25.1. The fourth-order valence-electron chi connectivity index (χ4n) is 2.16. The monoisotopic (exact) mass is 293 g/mol. The van der Waals surface area contributed by atoms with E-state index >= 15 is 0 Å². The summed E-state index contributed by atoms with van der Waals surface area (Å²) in [6, 6.07) is 5.04. The van der Waals surface area contributed by atoms with Crippen LogP contribution in [0.1, 0.15) is 33.6 Å². The Bertz CT molecular complexity index is 535. The van der Waals surface area contributed by atoms with Crippen LogP contribution in [0.25, 0.3) is 0 Å². The molecular formula is C16H20FNO3. The number of hydrogen-bond donors (Lipinski definition) is 0. The first-order chi connectivity index (χ1) is 9.81. The van der Waals surface area contributed by atoms with Gasteiger partial charge in [0, 0.05) is 0 Å². The molecule has 0 saturated heterocycles. The molecule has 2 rings (SSSR count). The first-order valence-electron chi connectivity index (χ1n) is 7.05. The summed E-state index contributed by atoms with van der Waals surface area (Å²) < 4.78 is 18.8. The molecule has 0 N–H and O–H groups in total. The van der Waals surface area contributed by atoms with Gasteiger partial charge >= 0.3 is 6.09 Å². The van der Waals surface area contributed by atoms with Crippen molar-refractivity contribution in [3.05, 3.63) is 30.1 Å². The Balaban J connectivity index is 2.33. The maximum absolute atomic E-state index is 13.4. The average Bonchev–Trinajstić information content (AvgIpc) is 3.17. The Labute approximate surface area is 123 Å². The number of benzene rings is 1. The number of rotatable bonds is 4. The van der Waals surface area contributed by atoms with E-state index in [1.807, 2.05) is 0 Å². The van der Waals surface area contributed by atoms with Crippen molar-refractivity contribution in [3.8, 4) is 0 Å². The van der Waals surface area contributed by atoms with Crippen LogP contribution in [0.2, 0.25) is 0 Å². The van der Waals surface area contributed by atoms with Crippen LogP contribution in [0.3, 0.4) is 0 Å². The highest BCUT2D eigenvalue weighted by Crippen LogP contribution is 2.37. The second kappa shape index (κ2) is 5.84. The van der Waals surface area contributed by atoms with Crippen molar-refractivity contribution in [2.75, 3.05) is 4.90 Å². The van der Waals surface area contributed by atoms with Gasteiger partial charge in [0.05, 0.1) is 11.7 Å². The van der Waals surface area contributed by atoms with Crippen molar-refractivity contribution >= 4 is 18.1 Å². The largest absolute Gasteiger partial charge is 0.443 e. The van der Waals surface area contributed by atoms with Gasteiger partial charge in [0.15, 0.2) is 0 Å². The second-order valence-corrected chi connectivity index (χ2v) is 6.29. The minimum atomic E-state index is -0.681. The lowest BCUT2D eigenvalue weighted by atomic mass is 10.1. The number of halogens is 1. The van der Waals surface area contributed by atoms with Crippen LogP contribution in [0.4, 0.5) is 14.9 Å². The van der Waals surface area contributed by atoms with Crippen molar-refractivity contribution < 1.29 is 18.7 Å². The molecule has 1 fully saturated rings. The summed E-state index contributed by atoms with van der Waals surface area (Å²) in [7, 11) is 0. The summed E-state index contributed by atoms with van der Waals surface area (Å²) >= 11 is 0. The number of amides is 1. The number of carbonyl (C=O) groups excluding carboxylic acids is 2. The van der Waals surface area contributed by atoms with Crippen LogP contribution in [-0.4, -0.2) is 24.0 Å². The maximum atomic E-state index is 13.4. The Morgan fingerprint density at radius 1 is 1.43 bits per heavy atom. The highest BCUT2D eigenvalue weighted by atomic mass is 19.1. The Hall–Kier alpha value is -1.91. The summed E-state index contributed by atoms with van der Waals surface area (Å²) in [5, 5.41) is 0. The van der Waals surface area contributed by atoms with Gasteiger partial charge in [-0.25, -0.2) is 9.18 Å². The van der Waals surface area contributed by atoms with E-state index < -0.39 is 23.6 Å². The van der Waals surface area contributed by atoms with E-state index in [-0.39, 0.29) is 5.92 Å². The van der Waals surface area contributed by atoms with Crippen molar-refractivity contribution in [2.24, 2.45) is 5.92 Å². The highest BCUT2D eigenvalue weighted by molar-refractivity contribution is 5.93. The molecule has 1 unspecified atom stereocenters. The molecule has 0 spiro atoms. The minimum absolute atomic E-state index is 0.123. The van der Waals surface area contributed by atoms with Crippen LogP contribution in [0.15, 0.2) is 24.3 Å². The zero-order valence-corrected chi connectivity index (χ0v) is 12.5. The molecule has 1 aromatic rings. The van der Waals surface area contributed by atoms with Crippen LogP contribution >= 0.6 is 0 Å². The minimum Gasteiger partial charge on any atom is -0.443 e. The summed E-state index contributed by atoms with van der Waals surface area (Å²) in [6.45, 7) is 5.26. The van der Waals surface area contributed by atoms with Gasteiger partial charge in [-0.2, -0.15) is 0 Å². The van der Waals surface area contributed by atoms with Crippen LogP contribution in [0.5, 0.6) is 0 Å². The van der Waals surface area contributed by atoms with Gasteiger partial charge in [-0.15, -0.1) is 0 Å². The van der Waals surface area contributed by atoms with E-state index in [1.54, 1.807) is 26.8 Å². The van der Waals surface area contributed by atoms with E-state index in [0.717, 1.165) is 19.1 Å². The molecule has 0 bridgehead atoms. The van der Waals surface area contributed by atoms with Gasteiger partial charge < -0.3 is 9.53 Å². The van der Waals surface area contributed by atoms with Gasteiger partial charge in [-0.3, -0.25) is 4.90 Å². The molecule has 0 heterocycles. The first-order valence-corrected chi connectivity index (χ1v) is 7.05. The number of carbonyl (C=O) groups is 2. The number of nitrogens with zero attached hydrogens (tertiary/aromatic N) is 1. The molecule has 0 aliphatic heterocycles. The molecule has 1 aliphatic rings. The number of ether oxygens (including phenoxy) is 1. The van der Waals surface area contributed by atoms with E-state index in [4.69, 9.17) is 4.74 Å². The molecular weight excluding hydrogens is 273 g/mol. The molecule has 1 amide bonds. The molecule has 114 valence electrons. The fraction of sp³-hybridized carbons (Fsp3) is 0.500. The smallest absolute Gasteiger partial charge is 0.415 e. The topological polar surface area (TPSA) is 46.6 Å². The first kappa shape index (κ1) is 15.5. The molecule has 1 atom stereocenters. The van der Waals surface area contributed by atoms with E-state index in [0.29, 0.717) is 5.69 Å². The van der Waals surface area contributed by atoms with Crippen molar-refractivity contribution in [2.45, 2.75) is 45.3 Å². The summed E-state index contributed by atoms with van der Waals surface area (Å²) in [5.41, 5.74) is -0.340. The molecule has 1 aromatic carbocycles. The molecule has 0 aromatic heterocycles. The molecule has 1 aliphatic carbocycles. The molecule has 21 heavy (non-hydrogen) atoms. The third-order valence-corrected chi connectivity index (χ3v) is 3.22. The second-order valence-electron chi connectivity index (χ2n) is 6.29. The lowest BCUT2D eigenvalue weighted by Crippen LogP contribution is -2.45. The zero-order valence-electron chi connectivity index (χ0n) is 12.5. The van der Waals surface area contributed by atoms with E-state index in [9.17, 15) is 14.0 Å². The van der Waals surface area contributed by atoms with Crippen molar-refractivity contribution in [1.29, 1.82) is 0 Å². The third kappa shape index (κ3) is 4.03. The quantitative estimate of drug-likeness (QED) is 0.798. The average molecular weight is 293 g/mol. The van der Waals surface area contributed by atoms with Crippen LogP contribution < -0.4 is 4.90 Å². The Kier molecular flexibility index (Phi) is 4.30. The Morgan fingerprint density at radius 2 is 2.10 bits per heavy atom. The Morgan fingerprint density at radius 3 is 2.57 bits per heavy atom. The van der Waals surface area contributed by atoms with E-state index in [2.05, 4.69) is 0 Å². The lowest BCUT2D eigenvalue weighted by Gasteiger charge is -2.31. The van der Waals surface area contributed by atoms with Gasteiger partial charge in [0.25, 0.3) is 0 Å². The standard InChI is InChI=1S/C16H20FNO3/c1-16(2,3)21-15(20)18(14(10-19)11-7-8-11)13-6-4-5-12(17)9-13/h4-6,9-11,14H,7-8H2,1-3H3. The zero-order chi connectivity index (χ0) is 15.6. The fourth-order valence-corrected chi connectivity index (χ4v) is 2.16. The molecule has 4 nitrogen and oxygen atoms in total. The van der Waals surface area contributed by atoms with Crippen LogP contribution in [-0.2, 0) is 9.53 Å². The van der Waals surface area contributed by atoms with Gasteiger partial charge in [-0.1, -0.05) is 6.07 Å². The lowest BCUT2D eigenvalue weighted by molar-refractivity contribution is -0.109. The predicted octanol–water partition coefficient (Wildman–Crippen LogP) is 3.54. The van der Waals surface area contributed by atoms with Gasteiger partial charge in [0.2, 0.25) is 0 Å². The molecule has 0 radical (unpaired) electrons. The number of anilines is 1. The maximum Gasteiger partial charge on any atom is 0.415 e. The van der Waals surface area contributed by atoms with Gasteiger partial charge in [0.1, 0.15) is 17.7 Å². The number of hydrogen-bond acceptors (Lipinski definition) is 3. The SMILES string of the molecule is CC(C)(C)OC(=O)N(c1cccc(F)c1)C(C=O)C1CC1. The molecule has 1 saturated carbocycles. The highest BCUT2D eigenvalue weighted by Gasteiger charge is 2.39. The third-order valence-electron chi connectivity index (χ3n) is 3.22.